The normalized spacial score (nSPS) is 34.8. The highest BCUT2D eigenvalue weighted by atomic mass is 16.5. The molecule has 0 radical (unpaired) electrons. The predicted molar refractivity (Wildman–Crippen MR) is 62.2 cm³/mol. The molecule has 2 unspecified atom stereocenters. The van der Waals surface area contributed by atoms with Gasteiger partial charge in [0.05, 0.1) is 0 Å². The van der Waals surface area contributed by atoms with E-state index in [9.17, 15) is 10.2 Å². The zero-order valence-electron chi connectivity index (χ0n) is 10.5. The average molecular weight is 214 g/mol. The third kappa shape index (κ3) is 3.18. The zero-order valence-corrected chi connectivity index (χ0v) is 10.5. The first-order chi connectivity index (χ1) is 6.93. The van der Waals surface area contributed by atoms with Crippen LogP contribution in [-0.4, -0.2) is 16.5 Å². The SMILES string of the molecule is CC(C(O)O)C1C[C@H](C)CC[C@H]1C(C)C. The number of hydrogen-bond acceptors (Lipinski definition) is 2. The van der Waals surface area contributed by atoms with Crippen molar-refractivity contribution in [3.05, 3.63) is 0 Å². The van der Waals surface area contributed by atoms with Gasteiger partial charge in [-0.05, 0) is 36.5 Å². The van der Waals surface area contributed by atoms with Crippen LogP contribution in [0.1, 0.15) is 47.0 Å². The number of aliphatic hydroxyl groups excluding tert-OH is 1. The molecule has 0 saturated heterocycles. The van der Waals surface area contributed by atoms with E-state index in [1.165, 1.54) is 12.8 Å². The molecule has 0 amide bonds. The number of hydrogen-bond donors (Lipinski definition) is 2. The van der Waals surface area contributed by atoms with Gasteiger partial charge in [0.15, 0.2) is 6.29 Å². The van der Waals surface area contributed by atoms with E-state index in [0.717, 1.165) is 12.3 Å². The Morgan fingerprint density at radius 2 is 1.60 bits per heavy atom. The Morgan fingerprint density at radius 1 is 1.00 bits per heavy atom. The van der Waals surface area contributed by atoms with Crippen LogP contribution in [0.2, 0.25) is 0 Å². The molecular formula is C13H26O2. The molecule has 4 atom stereocenters. The maximum Gasteiger partial charge on any atom is 0.154 e. The van der Waals surface area contributed by atoms with Crippen LogP contribution in [0.15, 0.2) is 0 Å². The van der Waals surface area contributed by atoms with Gasteiger partial charge in [0.1, 0.15) is 0 Å². The summed E-state index contributed by atoms with van der Waals surface area (Å²) in [5, 5.41) is 18.6. The summed E-state index contributed by atoms with van der Waals surface area (Å²) in [4.78, 5) is 0. The fourth-order valence-corrected chi connectivity index (χ4v) is 3.10. The van der Waals surface area contributed by atoms with Crippen molar-refractivity contribution in [2.75, 3.05) is 0 Å². The summed E-state index contributed by atoms with van der Waals surface area (Å²) in [5.41, 5.74) is 0. The van der Waals surface area contributed by atoms with Gasteiger partial charge in [-0.15, -0.1) is 0 Å². The zero-order chi connectivity index (χ0) is 11.6. The Labute approximate surface area is 93.7 Å². The lowest BCUT2D eigenvalue weighted by Gasteiger charge is -2.41. The molecule has 1 aliphatic rings. The molecule has 0 spiro atoms. The van der Waals surface area contributed by atoms with Crippen LogP contribution in [-0.2, 0) is 0 Å². The lowest BCUT2D eigenvalue weighted by Crippen LogP contribution is -2.36. The highest BCUT2D eigenvalue weighted by Crippen LogP contribution is 2.42. The summed E-state index contributed by atoms with van der Waals surface area (Å²) < 4.78 is 0. The quantitative estimate of drug-likeness (QED) is 0.709. The lowest BCUT2D eigenvalue weighted by molar-refractivity contribution is -0.112. The van der Waals surface area contributed by atoms with Gasteiger partial charge in [-0.3, -0.25) is 0 Å². The topological polar surface area (TPSA) is 40.5 Å². The van der Waals surface area contributed by atoms with Crippen molar-refractivity contribution >= 4 is 0 Å². The summed E-state index contributed by atoms with van der Waals surface area (Å²) in [6.45, 7) is 8.76. The molecule has 0 aromatic rings. The van der Waals surface area contributed by atoms with Crippen LogP contribution < -0.4 is 0 Å². The summed E-state index contributed by atoms with van der Waals surface area (Å²) in [7, 11) is 0. The van der Waals surface area contributed by atoms with E-state index >= 15 is 0 Å². The largest absolute Gasteiger partial charge is 0.368 e. The molecule has 1 fully saturated rings. The van der Waals surface area contributed by atoms with Crippen LogP contribution >= 0.6 is 0 Å². The molecule has 2 N–H and O–H groups in total. The van der Waals surface area contributed by atoms with Crippen molar-refractivity contribution in [3.63, 3.8) is 0 Å². The van der Waals surface area contributed by atoms with Crippen LogP contribution in [0.25, 0.3) is 0 Å². The van der Waals surface area contributed by atoms with Crippen molar-refractivity contribution in [1.82, 2.24) is 0 Å². The molecule has 0 aromatic heterocycles. The average Bonchev–Trinajstić information content (AvgIpc) is 2.15. The van der Waals surface area contributed by atoms with Gasteiger partial charge in [0.25, 0.3) is 0 Å². The van der Waals surface area contributed by atoms with E-state index < -0.39 is 6.29 Å². The lowest BCUT2D eigenvalue weighted by atomic mass is 9.65. The van der Waals surface area contributed by atoms with Crippen molar-refractivity contribution in [2.24, 2.45) is 29.6 Å². The molecule has 2 heteroatoms. The van der Waals surface area contributed by atoms with Crippen LogP contribution in [0.4, 0.5) is 0 Å². The fourth-order valence-electron chi connectivity index (χ4n) is 3.10. The standard InChI is InChI=1S/C13H26O2/c1-8(2)11-6-5-9(3)7-12(11)10(4)13(14)15/h8-15H,5-7H2,1-4H3/t9-,10?,11+,12?/m1/s1. The Hall–Kier alpha value is -0.0800. The van der Waals surface area contributed by atoms with Gasteiger partial charge in [-0.2, -0.15) is 0 Å². The predicted octanol–water partition coefficient (Wildman–Crippen LogP) is 2.64. The molecule has 0 aromatic carbocycles. The van der Waals surface area contributed by atoms with Gasteiger partial charge in [0, 0.05) is 5.92 Å². The van der Waals surface area contributed by atoms with Gasteiger partial charge in [-0.25, -0.2) is 0 Å². The van der Waals surface area contributed by atoms with Crippen LogP contribution in [0, 0.1) is 29.6 Å². The van der Waals surface area contributed by atoms with E-state index in [2.05, 4.69) is 20.8 Å². The Bertz CT molecular complexity index is 189. The molecule has 0 bridgehead atoms. The van der Waals surface area contributed by atoms with Crippen LogP contribution in [0.5, 0.6) is 0 Å². The maximum atomic E-state index is 9.31. The minimum absolute atomic E-state index is 0.0140. The molecule has 1 aliphatic carbocycles. The molecule has 15 heavy (non-hydrogen) atoms. The first-order valence-corrected chi connectivity index (χ1v) is 6.29. The Kier molecular flexibility index (Phi) is 4.60. The summed E-state index contributed by atoms with van der Waals surface area (Å²) in [6.07, 6.45) is 2.55. The summed E-state index contributed by atoms with van der Waals surface area (Å²) in [5.74, 6) is 2.56. The molecule has 1 saturated carbocycles. The van der Waals surface area contributed by atoms with Crippen molar-refractivity contribution in [2.45, 2.75) is 53.2 Å². The monoisotopic (exact) mass is 214 g/mol. The van der Waals surface area contributed by atoms with E-state index in [0.29, 0.717) is 17.8 Å². The number of aliphatic hydroxyl groups is 2. The maximum absolute atomic E-state index is 9.31. The third-order valence-electron chi connectivity index (χ3n) is 4.22. The van der Waals surface area contributed by atoms with Crippen molar-refractivity contribution in [3.8, 4) is 0 Å². The molecule has 90 valence electrons. The second-order valence-corrected chi connectivity index (χ2v) is 5.76. The molecule has 0 aliphatic heterocycles. The summed E-state index contributed by atoms with van der Waals surface area (Å²) in [6, 6.07) is 0. The van der Waals surface area contributed by atoms with Crippen molar-refractivity contribution in [1.29, 1.82) is 0 Å². The number of rotatable bonds is 3. The second-order valence-electron chi connectivity index (χ2n) is 5.76. The molecule has 0 heterocycles. The highest BCUT2D eigenvalue weighted by Gasteiger charge is 2.36. The molecular weight excluding hydrogens is 188 g/mol. The Morgan fingerprint density at radius 3 is 2.07 bits per heavy atom. The molecule has 2 nitrogen and oxygen atoms in total. The van der Waals surface area contributed by atoms with Crippen molar-refractivity contribution < 1.29 is 10.2 Å². The van der Waals surface area contributed by atoms with E-state index in [4.69, 9.17) is 0 Å². The summed E-state index contributed by atoms with van der Waals surface area (Å²) >= 11 is 0. The van der Waals surface area contributed by atoms with Gasteiger partial charge in [-0.1, -0.05) is 34.1 Å². The first kappa shape index (κ1) is 13.0. The van der Waals surface area contributed by atoms with Gasteiger partial charge < -0.3 is 10.2 Å². The van der Waals surface area contributed by atoms with Gasteiger partial charge >= 0.3 is 0 Å². The second kappa shape index (κ2) is 5.31. The Balaban J connectivity index is 2.69. The van der Waals surface area contributed by atoms with Crippen LogP contribution in [0.3, 0.4) is 0 Å². The minimum Gasteiger partial charge on any atom is -0.368 e. The highest BCUT2D eigenvalue weighted by molar-refractivity contribution is 4.84. The third-order valence-corrected chi connectivity index (χ3v) is 4.22. The fraction of sp³-hybridized carbons (Fsp3) is 1.00. The first-order valence-electron chi connectivity index (χ1n) is 6.29. The smallest absolute Gasteiger partial charge is 0.154 e. The van der Waals surface area contributed by atoms with E-state index in [1.54, 1.807) is 0 Å². The minimum atomic E-state index is -1.15. The van der Waals surface area contributed by atoms with E-state index in [1.807, 2.05) is 6.92 Å². The van der Waals surface area contributed by atoms with E-state index in [-0.39, 0.29) is 5.92 Å². The van der Waals surface area contributed by atoms with Gasteiger partial charge in [0.2, 0.25) is 0 Å². The molecule has 1 rings (SSSR count).